The van der Waals surface area contributed by atoms with Gasteiger partial charge in [-0.15, -0.1) is 0 Å². The van der Waals surface area contributed by atoms with Crippen LogP contribution in [0.25, 0.3) is 0 Å². The second kappa shape index (κ2) is 5.59. The highest BCUT2D eigenvalue weighted by Gasteiger charge is 1.96. The first-order valence-electron chi connectivity index (χ1n) is 2.39. The van der Waals surface area contributed by atoms with E-state index in [2.05, 4.69) is 56.5 Å². The fourth-order valence-corrected chi connectivity index (χ4v) is 1.32. The van der Waals surface area contributed by atoms with Crippen molar-refractivity contribution in [2.75, 3.05) is 0 Å². The fourth-order valence-electron chi connectivity index (χ4n) is 0.339. The molecule has 0 aromatic heterocycles. The Morgan fingerprint density at radius 2 is 2.29 bits per heavy atom. The molecule has 0 rings (SSSR count). The summed E-state index contributed by atoms with van der Waals surface area (Å²) in [5.41, 5.74) is 0. The van der Waals surface area contributed by atoms with Gasteiger partial charge in [-0.05, 0) is 6.42 Å². The minimum atomic E-state index is 0.781. The Morgan fingerprint density at radius 3 is 2.43 bits per heavy atom. The van der Waals surface area contributed by atoms with E-state index in [1.54, 1.807) is 0 Å². The molecule has 0 spiro atoms. The van der Waals surface area contributed by atoms with Crippen LogP contribution in [0.1, 0.15) is 19.8 Å². The highest BCUT2D eigenvalue weighted by atomic mass is 127. The summed E-state index contributed by atoms with van der Waals surface area (Å²) in [4.78, 5) is 0. The van der Waals surface area contributed by atoms with Gasteiger partial charge in [-0.1, -0.05) is 58.5 Å². The number of hydrogen-bond donors (Lipinski definition) is 0. The van der Waals surface area contributed by atoms with Crippen LogP contribution in [0.5, 0.6) is 0 Å². The van der Waals surface area contributed by atoms with Crippen molar-refractivity contribution >= 4 is 45.2 Å². The molecule has 1 atom stereocenters. The molecular weight excluding hydrogens is 314 g/mol. The summed E-state index contributed by atoms with van der Waals surface area (Å²) in [7, 11) is 0. The lowest BCUT2D eigenvalue weighted by Gasteiger charge is -1.98. The molecule has 0 saturated carbocycles. The molecule has 0 aliphatic heterocycles. The molecule has 0 aliphatic carbocycles. The van der Waals surface area contributed by atoms with E-state index in [0.717, 1.165) is 3.92 Å². The normalized spacial score (nSPS) is 14.1. The van der Waals surface area contributed by atoms with Gasteiger partial charge in [0.2, 0.25) is 0 Å². The van der Waals surface area contributed by atoms with Gasteiger partial charge in [-0.25, -0.2) is 0 Å². The molecule has 0 aromatic rings. The molecule has 2 heteroatoms. The number of rotatable bonds is 3. The molecule has 43 valence electrons. The molecule has 0 heterocycles. The van der Waals surface area contributed by atoms with Gasteiger partial charge >= 0.3 is 0 Å². The second-order valence-electron chi connectivity index (χ2n) is 1.43. The van der Waals surface area contributed by atoms with Gasteiger partial charge in [0.05, 0.1) is 0 Å². The van der Waals surface area contributed by atoms with Crippen LogP contribution in [-0.2, 0) is 0 Å². The van der Waals surface area contributed by atoms with Crippen LogP contribution in [0.3, 0.4) is 0 Å². The standard InChI is InChI=1S/C5H9I2/c1-2-3-5(7)4-6/h4-5H,2-3H2,1H3. The van der Waals surface area contributed by atoms with Gasteiger partial charge < -0.3 is 0 Å². The third-order valence-electron chi connectivity index (χ3n) is 0.701. The van der Waals surface area contributed by atoms with E-state index < -0.39 is 0 Å². The van der Waals surface area contributed by atoms with Crippen molar-refractivity contribution in [3.63, 3.8) is 0 Å². The number of halogens is 2. The lowest BCUT2D eigenvalue weighted by Crippen LogP contribution is -1.90. The third kappa shape index (κ3) is 5.33. The van der Waals surface area contributed by atoms with Crippen molar-refractivity contribution in [3.05, 3.63) is 4.43 Å². The molecule has 0 N–H and O–H groups in total. The summed E-state index contributed by atoms with van der Waals surface area (Å²) in [5.74, 6) is 0. The molecule has 1 unspecified atom stereocenters. The molecule has 0 fully saturated rings. The predicted molar refractivity (Wildman–Crippen MR) is 51.0 cm³/mol. The van der Waals surface area contributed by atoms with Gasteiger partial charge in [0.1, 0.15) is 0 Å². The van der Waals surface area contributed by atoms with E-state index in [0.29, 0.717) is 0 Å². The topological polar surface area (TPSA) is 0 Å². The third-order valence-corrected chi connectivity index (χ3v) is 3.93. The van der Waals surface area contributed by atoms with Crippen molar-refractivity contribution < 1.29 is 0 Å². The van der Waals surface area contributed by atoms with Gasteiger partial charge in [-0.3, -0.25) is 0 Å². The van der Waals surface area contributed by atoms with E-state index >= 15 is 0 Å². The van der Waals surface area contributed by atoms with Crippen LogP contribution in [0.4, 0.5) is 0 Å². The summed E-state index contributed by atoms with van der Waals surface area (Å²) in [5, 5.41) is 0. The van der Waals surface area contributed by atoms with E-state index in [-0.39, 0.29) is 0 Å². The zero-order chi connectivity index (χ0) is 5.70. The fraction of sp³-hybridized carbons (Fsp3) is 0.800. The maximum Gasteiger partial charge on any atom is 0.0355 e. The van der Waals surface area contributed by atoms with Crippen molar-refractivity contribution in [2.45, 2.75) is 23.7 Å². The summed E-state index contributed by atoms with van der Waals surface area (Å²) in [6.45, 7) is 2.21. The lowest BCUT2D eigenvalue weighted by atomic mass is 10.3. The van der Waals surface area contributed by atoms with E-state index in [1.165, 1.54) is 12.8 Å². The Hall–Kier alpha value is 1.46. The van der Waals surface area contributed by atoms with Crippen LogP contribution < -0.4 is 0 Å². The van der Waals surface area contributed by atoms with Crippen LogP contribution in [0.15, 0.2) is 0 Å². The molecule has 0 aliphatic rings. The maximum atomic E-state index is 2.44. The van der Waals surface area contributed by atoms with Crippen LogP contribution in [-0.4, -0.2) is 3.92 Å². The molecule has 0 nitrogen and oxygen atoms in total. The van der Waals surface area contributed by atoms with Gasteiger partial charge in [0.25, 0.3) is 0 Å². The number of hydrogen-bond acceptors (Lipinski definition) is 0. The molecule has 1 radical (unpaired) electrons. The van der Waals surface area contributed by atoms with Gasteiger partial charge in [-0.2, -0.15) is 0 Å². The Morgan fingerprint density at radius 1 is 1.71 bits per heavy atom. The quantitative estimate of drug-likeness (QED) is 0.553. The summed E-state index contributed by atoms with van der Waals surface area (Å²) >= 11 is 4.75. The zero-order valence-electron chi connectivity index (χ0n) is 4.32. The van der Waals surface area contributed by atoms with E-state index in [1.807, 2.05) is 0 Å². The molecule has 0 amide bonds. The first-order valence-corrected chi connectivity index (χ1v) is 4.88. The molecule has 0 bridgehead atoms. The zero-order valence-corrected chi connectivity index (χ0v) is 8.64. The van der Waals surface area contributed by atoms with Crippen LogP contribution >= 0.6 is 45.2 Å². The first-order chi connectivity index (χ1) is 3.31. The van der Waals surface area contributed by atoms with Crippen molar-refractivity contribution in [3.8, 4) is 0 Å². The van der Waals surface area contributed by atoms with E-state index in [9.17, 15) is 0 Å². The molecule has 0 aromatic carbocycles. The van der Waals surface area contributed by atoms with Gasteiger partial charge in [0, 0.05) is 8.35 Å². The molecule has 0 saturated heterocycles. The van der Waals surface area contributed by atoms with Crippen molar-refractivity contribution in [2.24, 2.45) is 0 Å². The summed E-state index contributed by atoms with van der Waals surface area (Å²) in [6, 6.07) is 0. The molecular formula is C5H9I2. The average Bonchev–Trinajstić information content (AvgIpc) is 1.68. The second-order valence-corrected chi connectivity index (χ2v) is 3.75. The molecule has 7 heavy (non-hydrogen) atoms. The highest BCUT2D eigenvalue weighted by Crippen LogP contribution is 2.14. The van der Waals surface area contributed by atoms with E-state index in [4.69, 9.17) is 0 Å². The van der Waals surface area contributed by atoms with Gasteiger partial charge in [0.15, 0.2) is 0 Å². The summed E-state index contributed by atoms with van der Waals surface area (Å²) in [6.07, 6.45) is 2.62. The Labute approximate surface area is 72.7 Å². The first kappa shape index (κ1) is 8.46. The Kier molecular flexibility index (Phi) is 6.76. The minimum Gasteiger partial charge on any atom is -0.0814 e. The Bertz CT molecular complexity index is 37.1. The van der Waals surface area contributed by atoms with Crippen molar-refractivity contribution in [1.29, 1.82) is 0 Å². The SMILES string of the molecule is CCCC(I)[CH]I. The van der Waals surface area contributed by atoms with Crippen LogP contribution in [0.2, 0.25) is 0 Å². The van der Waals surface area contributed by atoms with Crippen molar-refractivity contribution in [1.82, 2.24) is 0 Å². The smallest absolute Gasteiger partial charge is 0.0355 e. The Balaban J connectivity index is 2.83. The largest absolute Gasteiger partial charge is 0.0814 e. The number of alkyl halides is 1. The highest BCUT2D eigenvalue weighted by molar-refractivity contribution is 14.1. The monoisotopic (exact) mass is 323 g/mol. The minimum absolute atomic E-state index is 0.781. The predicted octanol–water partition coefficient (Wildman–Crippen LogP) is 3.19. The summed E-state index contributed by atoms with van der Waals surface area (Å²) < 4.78 is 2.99. The average molecular weight is 323 g/mol. The lowest BCUT2D eigenvalue weighted by molar-refractivity contribution is 0.841. The maximum absolute atomic E-state index is 2.44. The van der Waals surface area contributed by atoms with Crippen LogP contribution in [0, 0.1) is 4.43 Å².